The van der Waals surface area contributed by atoms with E-state index in [0.717, 1.165) is 37.1 Å². The summed E-state index contributed by atoms with van der Waals surface area (Å²) in [5, 5.41) is 7.19. The van der Waals surface area contributed by atoms with Crippen LogP contribution in [0.3, 0.4) is 0 Å². The van der Waals surface area contributed by atoms with Crippen molar-refractivity contribution in [1.29, 1.82) is 0 Å². The second-order valence-corrected chi connectivity index (χ2v) is 7.66. The summed E-state index contributed by atoms with van der Waals surface area (Å²) in [6.45, 7) is 4.87. The molecule has 0 spiro atoms. The molecule has 0 aliphatic carbocycles. The molecule has 6 nitrogen and oxygen atoms in total. The standard InChI is InChI=1S/C23H26N4O2/c1-17-9-11-19(12-10-17)23-25-21(26-29-23)16-27-13-5-8-20(15-27)22(28)24-14-18-6-3-2-4-7-18/h2-4,6-7,9-12,20H,5,8,13-16H2,1H3,(H,24,28)/t20-/m0/s1. The normalized spacial score (nSPS) is 17.2. The van der Waals surface area contributed by atoms with Crippen LogP contribution in [0.2, 0.25) is 0 Å². The summed E-state index contributed by atoms with van der Waals surface area (Å²) in [7, 11) is 0. The molecule has 29 heavy (non-hydrogen) atoms. The topological polar surface area (TPSA) is 71.3 Å². The van der Waals surface area contributed by atoms with Crippen molar-refractivity contribution in [3.63, 3.8) is 0 Å². The number of aromatic nitrogens is 2. The second-order valence-electron chi connectivity index (χ2n) is 7.66. The van der Waals surface area contributed by atoms with Crippen LogP contribution in [0.4, 0.5) is 0 Å². The fourth-order valence-corrected chi connectivity index (χ4v) is 3.67. The van der Waals surface area contributed by atoms with Crippen LogP contribution in [0.15, 0.2) is 59.1 Å². The lowest BCUT2D eigenvalue weighted by Crippen LogP contribution is -2.42. The average molecular weight is 390 g/mol. The lowest BCUT2D eigenvalue weighted by Gasteiger charge is -2.31. The van der Waals surface area contributed by atoms with Crippen molar-refractivity contribution in [2.24, 2.45) is 5.92 Å². The lowest BCUT2D eigenvalue weighted by atomic mass is 9.97. The summed E-state index contributed by atoms with van der Waals surface area (Å²) >= 11 is 0. The summed E-state index contributed by atoms with van der Waals surface area (Å²) < 4.78 is 5.43. The van der Waals surface area contributed by atoms with Gasteiger partial charge in [0.2, 0.25) is 5.91 Å². The van der Waals surface area contributed by atoms with Crippen LogP contribution in [-0.4, -0.2) is 34.0 Å². The van der Waals surface area contributed by atoms with Crippen LogP contribution in [0, 0.1) is 12.8 Å². The number of nitrogens with one attached hydrogen (secondary N) is 1. The van der Waals surface area contributed by atoms with Crippen LogP contribution >= 0.6 is 0 Å². The zero-order valence-corrected chi connectivity index (χ0v) is 16.7. The number of carbonyl (C=O) groups excluding carboxylic acids is 1. The maximum Gasteiger partial charge on any atom is 0.257 e. The van der Waals surface area contributed by atoms with Gasteiger partial charge in [0, 0.05) is 18.7 Å². The first-order valence-corrected chi connectivity index (χ1v) is 10.1. The molecular formula is C23H26N4O2. The van der Waals surface area contributed by atoms with Crippen molar-refractivity contribution in [2.75, 3.05) is 13.1 Å². The molecule has 2 aromatic carbocycles. The van der Waals surface area contributed by atoms with Gasteiger partial charge in [-0.1, -0.05) is 53.2 Å². The first kappa shape index (κ1) is 19.3. The molecule has 1 aromatic heterocycles. The molecule has 1 N–H and O–H groups in total. The number of hydrogen-bond donors (Lipinski definition) is 1. The van der Waals surface area contributed by atoms with Crippen LogP contribution in [0.5, 0.6) is 0 Å². The molecule has 1 amide bonds. The van der Waals surface area contributed by atoms with E-state index in [-0.39, 0.29) is 11.8 Å². The van der Waals surface area contributed by atoms with Gasteiger partial charge in [-0.2, -0.15) is 4.98 Å². The Labute approximate surface area is 170 Å². The molecule has 2 heterocycles. The maximum atomic E-state index is 12.6. The van der Waals surface area contributed by atoms with Crippen molar-refractivity contribution in [2.45, 2.75) is 32.9 Å². The maximum absolute atomic E-state index is 12.6. The molecule has 1 fully saturated rings. The van der Waals surface area contributed by atoms with E-state index in [2.05, 4.69) is 20.4 Å². The van der Waals surface area contributed by atoms with Gasteiger partial charge in [-0.25, -0.2) is 0 Å². The number of rotatable bonds is 6. The van der Waals surface area contributed by atoms with Gasteiger partial charge in [0.25, 0.3) is 5.89 Å². The van der Waals surface area contributed by atoms with Crippen LogP contribution < -0.4 is 5.32 Å². The van der Waals surface area contributed by atoms with E-state index in [4.69, 9.17) is 4.52 Å². The number of piperidine rings is 1. The Morgan fingerprint density at radius 2 is 1.97 bits per heavy atom. The molecule has 1 aliphatic heterocycles. The van der Waals surface area contributed by atoms with E-state index >= 15 is 0 Å². The zero-order valence-electron chi connectivity index (χ0n) is 16.7. The number of carbonyl (C=O) groups is 1. The highest BCUT2D eigenvalue weighted by Crippen LogP contribution is 2.21. The Morgan fingerprint density at radius 1 is 1.17 bits per heavy atom. The number of nitrogens with zero attached hydrogens (tertiary/aromatic N) is 3. The molecule has 1 saturated heterocycles. The van der Waals surface area contributed by atoms with E-state index in [0.29, 0.717) is 24.8 Å². The summed E-state index contributed by atoms with van der Waals surface area (Å²) in [6, 6.07) is 18.0. The largest absolute Gasteiger partial charge is 0.352 e. The van der Waals surface area contributed by atoms with Crippen LogP contribution in [0.25, 0.3) is 11.5 Å². The van der Waals surface area contributed by atoms with Crippen LogP contribution in [-0.2, 0) is 17.9 Å². The van der Waals surface area contributed by atoms with E-state index in [1.165, 1.54) is 5.56 Å². The zero-order chi connectivity index (χ0) is 20.1. The van der Waals surface area contributed by atoms with E-state index in [1.807, 2.05) is 61.5 Å². The second kappa shape index (κ2) is 9.01. The Morgan fingerprint density at radius 3 is 2.76 bits per heavy atom. The van der Waals surface area contributed by atoms with E-state index < -0.39 is 0 Å². The third-order valence-corrected chi connectivity index (χ3v) is 5.32. The molecular weight excluding hydrogens is 364 g/mol. The van der Waals surface area contributed by atoms with Gasteiger partial charge < -0.3 is 9.84 Å². The Balaban J connectivity index is 1.32. The van der Waals surface area contributed by atoms with Gasteiger partial charge in [-0.05, 0) is 44.0 Å². The molecule has 6 heteroatoms. The fourth-order valence-electron chi connectivity index (χ4n) is 3.67. The highest BCUT2D eigenvalue weighted by Gasteiger charge is 2.26. The third kappa shape index (κ3) is 5.09. The third-order valence-electron chi connectivity index (χ3n) is 5.32. The fraction of sp³-hybridized carbons (Fsp3) is 0.348. The molecule has 150 valence electrons. The predicted molar refractivity (Wildman–Crippen MR) is 111 cm³/mol. The first-order valence-electron chi connectivity index (χ1n) is 10.1. The number of likely N-dealkylation sites (tertiary alicyclic amines) is 1. The highest BCUT2D eigenvalue weighted by atomic mass is 16.5. The van der Waals surface area contributed by atoms with Crippen molar-refractivity contribution in [1.82, 2.24) is 20.4 Å². The predicted octanol–water partition coefficient (Wildman–Crippen LogP) is 3.57. The Hall–Kier alpha value is -2.99. The van der Waals surface area contributed by atoms with Crippen molar-refractivity contribution >= 4 is 5.91 Å². The van der Waals surface area contributed by atoms with Crippen molar-refractivity contribution < 1.29 is 9.32 Å². The SMILES string of the molecule is Cc1ccc(-c2nc(CN3CCC[C@H](C(=O)NCc4ccccc4)C3)no2)cc1. The molecule has 0 bridgehead atoms. The van der Waals surface area contributed by atoms with Gasteiger partial charge in [0.05, 0.1) is 12.5 Å². The minimum Gasteiger partial charge on any atom is -0.352 e. The van der Waals surface area contributed by atoms with E-state index in [9.17, 15) is 4.79 Å². The number of benzene rings is 2. The molecule has 3 aromatic rings. The Kier molecular flexibility index (Phi) is 6.00. The van der Waals surface area contributed by atoms with Crippen molar-refractivity contribution in [3.05, 3.63) is 71.5 Å². The van der Waals surface area contributed by atoms with Gasteiger partial charge in [-0.15, -0.1) is 0 Å². The number of hydrogen-bond acceptors (Lipinski definition) is 5. The highest BCUT2D eigenvalue weighted by molar-refractivity contribution is 5.78. The summed E-state index contributed by atoms with van der Waals surface area (Å²) in [5.41, 5.74) is 3.23. The average Bonchev–Trinajstić information content (AvgIpc) is 3.22. The summed E-state index contributed by atoms with van der Waals surface area (Å²) in [4.78, 5) is 19.4. The Bertz CT molecular complexity index is 937. The minimum absolute atomic E-state index is 0.00377. The molecule has 0 radical (unpaired) electrons. The quantitative estimate of drug-likeness (QED) is 0.697. The molecule has 4 rings (SSSR count). The number of amides is 1. The molecule has 0 unspecified atom stereocenters. The first-order chi connectivity index (χ1) is 14.2. The van der Waals surface area contributed by atoms with Crippen LogP contribution in [0.1, 0.15) is 29.8 Å². The molecule has 1 atom stereocenters. The van der Waals surface area contributed by atoms with Gasteiger partial charge >= 0.3 is 0 Å². The summed E-state index contributed by atoms with van der Waals surface area (Å²) in [6.07, 6.45) is 1.91. The van der Waals surface area contributed by atoms with E-state index in [1.54, 1.807) is 0 Å². The van der Waals surface area contributed by atoms with Gasteiger partial charge in [0.1, 0.15) is 0 Å². The molecule has 0 saturated carbocycles. The summed E-state index contributed by atoms with van der Waals surface area (Å²) in [5.74, 6) is 1.31. The smallest absolute Gasteiger partial charge is 0.257 e. The number of aryl methyl sites for hydroxylation is 1. The minimum atomic E-state index is -0.00377. The lowest BCUT2D eigenvalue weighted by molar-refractivity contribution is -0.127. The van der Waals surface area contributed by atoms with Gasteiger partial charge in [-0.3, -0.25) is 9.69 Å². The van der Waals surface area contributed by atoms with Crippen molar-refractivity contribution in [3.8, 4) is 11.5 Å². The van der Waals surface area contributed by atoms with Gasteiger partial charge in [0.15, 0.2) is 5.82 Å². The monoisotopic (exact) mass is 390 g/mol. The molecule has 1 aliphatic rings.